The maximum atomic E-state index is 13.2. The van der Waals surface area contributed by atoms with Crippen LogP contribution in [0.4, 0.5) is 8.78 Å². The summed E-state index contributed by atoms with van der Waals surface area (Å²) in [5, 5.41) is 5.48. The SMILES string of the molecule is CCc1cccc2c1OCCC2NC(=O)C1CC(F)(F)CN1. The van der Waals surface area contributed by atoms with Gasteiger partial charge in [0.25, 0.3) is 5.92 Å². The lowest BCUT2D eigenvalue weighted by Gasteiger charge is -2.29. The highest BCUT2D eigenvalue weighted by Crippen LogP contribution is 2.35. The minimum atomic E-state index is -2.80. The number of rotatable bonds is 3. The molecule has 120 valence electrons. The summed E-state index contributed by atoms with van der Waals surface area (Å²) in [6.45, 7) is 2.13. The van der Waals surface area contributed by atoms with Crippen LogP contribution in [0.15, 0.2) is 18.2 Å². The van der Waals surface area contributed by atoms with Gasteiger partial charge in [-0.15, -0.1) is 0 Å². The maximum Gasteiger partial charge on any atom is 0.262 e. The fourth-order valence-corrected chi connectivity index (χ4v) is 3.09. The van der Waals surface area contributed by atoms with Crippen molar-refractivity contribution in [2.45, 2.75) is 44.2 Å². The summed E-state index contributed by atoms with van der Waals surface area (Å²) in [6, 6.07) is 4.86. The number of ether oxygens (including phenoxy) is 1. The van der Waals surface area contributed by atoms with Crippen LogP contribution in [0.5, 0.6) is 5.75 Å². The van der Waals surface area contributed by atoms with Crippen LogP contribution in [0.2, 0.25) is 0 Å². The summed E-state index contributed by atoms with van der Waals surface area (Å²) < 4.78 is 32.1. The highest BCUT2D eigenvalue weighted by molar-refractivity contribution is 5.82. The van der Waals surface area contributed by atoms with E-state index in [1.165, 1.54) is 0 Å². The highest BCUT2D eigenvalue weighted by Gasteiger charge is 2.42. The first kappa shape index (κ1) is 15.2. The molecular formula is C16H20F2N2O2. The predicted octanol–water partition coefficient (Wildman–Crippen LogP) is 2.19. The van der Waals surface area contributed by atoms with E-state index in [2.05, 4.69) is 10.6 Å². The Hall–Kier alpha value is -1.69. The molecule has 2 aliphatic heterocycles. The number of fused-ring (bicyclic) bond motifs is 1. The van der Waals surface area contributed by atoms with Gasteiger partial charge in [-0.1, -0.05) is 25.1 Å². The third-order valence-electron chi connectivity index (χ3n) is 4.28. The largest absolute Gasteiger partial charge is 0.493 e. The smallest absolute Gasteiger partial charge is 0.262 e. The van der Waals surface area contributed by atoms with E-state index in [1.54, 1.807) is 0 Å². The first-order chi connectivity index (χ1) is 10.5. The number of amides is 1. The van der Waals surface area contributed by atoms with Crippen molar-refractivity contribution in [2.75, 3.05) is 13.2 Å². The summed E-state index contributed by atoms with van der Waals surface area (Å²) in [5.74, 6) is -2.34. The molecular weight excluding hydrogens is 290 g/mol. The van der Waals surface area contributed by atoms with Gasteiger partial charge in [0.2, 0.25) is 5.91 Å². The topological polar surface area (TPSA) is 50.4 Å². The van der Waals surface area contributed by atoms with E-state index in [0.29, 0.717) is 13.0 Å². The molecule has 0 aliphatic carbocycles. The molecule has 0 radical (unpaired) electrons. The predicted molar refractivity (Wildman–Crippen MR) is 78.2 cm³/mol. The van der Waals surface area contributed by atoms with Gasteiger partial charge in [-0.2, -0.15) is 0 Å². The first-order valence-electron chi connectivity index (χ1n) is 7.66. The van der Waals surface area contributed by atoms with Gasteiger partial charge in [-0.05, 0) is 12.0 Å². The Morgan fingerprint density at radius 1 is 1.50 bits per heavy atom. The molecule has 0 aromatic heterocycles. The summed E-state index contributed by atoms with van der Waals surface area (Å²) in [5.41, 5.74) is 2.03. The number of nitrogens with one attached hydrogen (secondary N) is 2. The number of carbonyl (C=O) groups excluding carboxylic acids is 1. The molecule has 2 N–H and O–H groups in total. The van der Waals surface area contributed by atoms with Gasteiger partial charge in [-0.25, -0.2) is 8.78 Å². The van der Waals surface area contributed by atoms with Crippen LogP contribution in [-0.4, -0.2) is 31.0 Å². The molecule has 0 saturated carbocycles. The second kappa shape index (κ2) is 5.83. The van der Waals surface area contributed by atoms with Crippen LogP contribution in [0.25, 0.3) is 0 Å². The summed E-state index contributed by atoms with van der Waals surface area (Å²) in [7, 11) is 0. The summed E-state index contributed by atoms with van der Waals surface area (Å²) >= 11 is 0. The molecule has 1 fully saturated rings. The fraction of sp³-hybridized carbons (Fsp3) is 0.562. The zero-order chi connectivity index (χ0) is 15.7. The van der Waals surface area contributed by atoms with Crippen LogP contribution < -0.4 is 15.4 Å². The number of benzene rings is 1. The van der Waals surface area contributed by atoms with E-state index in [1.807, 2.05) is 25.1 Å². The Balaban J connectivity index is 1.74. The number of hydrogen-bond acceptors (Lipinski definition) is 3. The van der Waals surface area contributed by atoms with E-state index in [0.717, 1.165) is 23.3 Å². The minimum absolute atomic E-state index is 0.182. The molecule has 22 heavy (non-hydrogen) atoms. The molecule has 4 nitrogen and oxygen atoms in total. The monoisotopic (exact) mass is 310 g/mol. The summed E-state index contributed by atoms with van der Waals surface area (Å²) in [4.78, 5) is 12.2. The number of carbonyl (C=O) groups is 1. The van der Waals surface area contributed by atoms with Crippen LogP contribution in [0.3, 0.4) is 0 Å². The van der Waals surface area contributed by atoms with Gasteiger partial charge in [-0.3, -0.25) is 10.1 Å². The van der Waals surface area contributed by atoms with Crippen molar-refractivity contribution >= 4 is 5.91 Å². The van der Waals surface area contributed by atoms with Crippen molar-refractivity contribution in [1.82, 2.24) is 10.6 Å². The van der Waals surface area contributed by atoms with Gasteiger partial charge in [0.15, 0.2) is 0 Å². The lowest BCUT2D eigenvalue weighted by Crippen LogP contribution is -2.43. The number of alkyl halides is 2. The molecule has 2 aliphatic rings. The average molecular weight is 310 g/mol. The van der Waals surface area contributed by atoms with Crippen LogP contribution in [0, 0.1) is 0 Å². The van der Waals surface area contributed by atoms with Crippen molar-refractivity contribution in [3.63, 3.8) is 0 Å². The Bertz CT molecular complexity index is 577. The van der Waals surface area contributed by atoms with Gasteiger partial charge in [0.05, 0.1) is 25.2 Å². The van der Waals surface area contributed by atoms with Crippen LogP contribution in [-0.2, 0) is 11.2 Å². The van der Waals surface area contributed by atoms with Gasteiger partial charge in [0.1, 0.15) is 5.75 Å². The molecule has 2 heterocycles. The normalized spacial score (nSPS) is 26.1. The first-order valence-corrected chi connectivity index (χ1v) is 7.66. The Labute approximate surface area is 128 Å². The Morgan fingerprint density at radius 2 is 2.32 bits per heavy atom. The molecule has 3 rings (SSSR count). The average Bonchev–Trinajstić information content (AvgIpc) is 2.87. The number of para-hydroxylation sites is 1. The second-order valence-corrected chi connectivity index (χ2v) is 5.88. The standard InChI is InChI=1S/C16H20F2N2O2/c1-2-10-4-3-5-11-12(6-7-22-14(10)11)20-15(21)13-8-16(17,18)9-19-13/h3-5,12-13,19H,2,6-9H2,1H3,(H,20,21). The third-order valence-corrected chi connectivity index (χ3v) is 4.28. The molecule has 0 spiro atoms. The lowest BCUT2D eigenvalue weighted by atomic mass is 9.96. The van der Waals surface area contributed by atoms with Crippen molar-refractivity contribution in [1.29, 1.82) is 0 Å². The fourth-order valence-electron chi connectivity index (χ4n) is 3.09. The zero-order valence-corrected chi connectivity index (χ0v) is 12.5. The van der Waals surface area contributed by atoms with E-state index in [4.69, 9.17) is 4.74 Å². The van der Waals surface area contributed by atoms with Gasteiger partial charge < -0.3 is 10.1 Å². The quantitative estimate of drug-likeness (QED) is 0.900. The van der Waals surface area contributed by atoms with Gasteiger partial charge in [0, 0.05) is 18.4 Å². The molecule has 1 aromatic carbocycles. The van der Waals surface area contributed by atoms with Crippen LogP contribution >= 0.6 is 0 Å². The summed E-state index contributed by atoms with van der Waals surface area (Å²) in [6.07, 6.45) is 1.05. The Morgan fingerprint density at radius 3 is 3.00 bits per heavy atom. The van der Waals surface area contributed by atoms with E-state index in [-0.39, 0.29) is 11.9 Å². The van der Waals surface area contributed by atoms with Crippen LogP contribution in [0.1, 0.15) is 36.9 Å². The van der Waals surface area contributed by atoms with E-state index < -0.39 is 24.9 Å². The van der Waals surface area contributed by atoms with Crippen molar-refractivity contribution in [3.05, 3.63) is 29.3 Å². The molecule has 1 aromatic rings. The lowest BCUT2D eigenvalue weighted by molar-refractivity contribution is -0.124. The number of hydrogen-bond donors (Lipinski definition) is 2. The molecule has 0 bridgehead atoms. The number of halogens is 2. The molecule has 1 amide bonds. The second-order valence-electron chi connectivity index (χ2n) is 5.88. The highest BCUT2D eigenvalue weighted by atomic mass is 19.3. The molecule has 6 heteroatoms. The molecule has 1 saturated heterocycles. The third kappa shape index (κ3) is 2.92. The molecule has 2 atom stereocenters. The van der Waals surface area contributed by atoms with E-state index in [9.17, 15) is 13.6 Å². The van der Waals surface area contributed by atoms with Gasteiger partial charge >= 0.3 is 0 Å². The minimum Gasteiger partial charge on any atom is -0.493 e. The van der Waals surface area contributed by atoms with Crippen molar-refractivity contribution in [3.8, 4) is 5.75 Å². The Kier molecular flexibility index (Phi) is 4.04. The molecule has 2 unspecified atom stereocenters. The number of aryl methyl sites for hydroxylation is 1. The van der Waals surface area contributed by atoms with E-state index >= 15 is 0 Å². The van der Waals surface area contributed by atoms with Crippen molar-refractivity contribution < 1.29 is 18.3 Å². The van der Waals surface area contributed by atoms with Crippen molar-refractivity contribution in [2.24, 2.45) is 0 Å². The zero-order valence-electron chi connectivity index (χ0n) is 12.5. The maximum absolute atomic E-state index is 13.2.